The van der Waals surface area contributed by atoms with E-state index in [9.17, 15) is 0 Å². The first-order valence-corrected chi connectivity index (χ1v) is 3.32. The van der Waals surface area contributed by atoms with Crippen LogP contribution in [0.5, 0.6) is 0 Å². The number of hydrogen-bond donors (Lipinski definition) is 1. The van der Waals surface area contributed by atoms with E-state index < -0.39 is 0 Å². The van der Waals surface area contributed by atoms with Gasteiger partial charge in [0.05, 0.1) is 6.54 Å². The van der Waals surface area contributed by atoms with Crippen LogP contribution in [0.3, 0.4) is 0 Å². The van der Waals surface area contributed by atoms with Gasteiger partial charge in [0.2, 0.25) is 0 Å². The molecule has 0 radical (unpaired) electrons. The third kappa shape index (κ3) is 2.15. The van der Waals surface area contributed by atoms with Gasteiger partial charge < -0.3 is 4.90 Å². The van der Waals surface area contributed by atoms with E-state index in [0.717, 1.165) is 6.54 Å². The van der Waals surface area contributed by atoms with E-state index in [1.807, 2.05) is 19.2 Å². The summed E-state index contributed by atoms with van der Waals surface area (Å²) in [5.41, 5.74) is 1.28. The summed E-state index contributed by atoms with van der Waals surface area (Å²) in [6, 6.07) is 4.02. The average Bonchev–Trinajstić information content (AvgIpc) is 1.88. The van der Waals surface area contributed by atoms with Crippen LogP contribution in [0.1, 0.15) is 5.56 Å². The van der Waals surface area contributed by atoms with Gasteiger partial charge in [0.15, 0.2) is 0 Å². The topological polar surface area (TPSA) is 17.3 Å². The molecule has 1 rings (SSSR count). The van der Waals surface area contributed by atoms with Crippen molar-refractivity contribution < 1.29 is 4.90 Å². The molecule has 2 heteroatoms. The summed E-state index contributed by atoms with van der Waals surface area (Å²) in [5, 5.41) is 0. The highest BCUT2D eigenvalue weighted by molar-refractivity contribution is 5.07. The van der Waals surface area contributed by atoms with Crippen LogP contribution in [0.25, 0.3) is 0 Å². The van der Waals surface area contributed by atoms with Gasteiger partial charge in [0.1, 0.15) is 0 Å². The van der Waals surface area contributed by atoms with Crippen LogP contribution in [-0.4, -0.2) is 12.0 Å². The highest BCUT2D eigenvalue weighted by atomic mass is 15.0. The van der Waals surface area contributed by atoms with Crippen molar-refractivity contribution in [2.75, 3.05) is 7.05 Å². The summed E-state index contributed by atoms with van der Waals surface area (Å²) in [6.07, 6.45) is 3.61. The quantitative estimate of drug-likeness (QED) is 0.561. The molecule has 0 aliphatic heterocycles. The second-order valence-electron chi connectivity index (χ2n) is 2.49. The van der Waals surface area contributed by atoms with Crippen LogP contribution in [0.4, 0.5) is 0 Å². The molecule has 1 aromatic heterocycles. The minimum absolute atomic E-state index is 0.961. The molecule has 1 aromatic rings. The van der Waals surface area contributed by atoms with Crippen LogP contribution in [0.2, 0.25) is 0 Å². The number of aromatic nitrogens is 1. The van der Waals surface area contributed by atoms with E-state index in [0.29, 0.717) is 0 Å². The molecule has 1 atom stereocenters. The number of nitrogens with one attached hydrogen (secondary N) is 1. The Morgan fingerprint density at radius 2 is 2.10 bits per heavy atom. The summed E-state index contributed by atoms with van der Waals surface area (Å²) >= 11 is 0. The largest absolute Gasteiger partial charge is 0.467 e. The van der Waals surface area contributed by atoms with Crippen LogP contribution in [0.15, 0.2) is 24.5 Å². The molecule has 0 spiro atoms. The van der Waals surface area contributed by atoms with Crippen molar-refractivity contribution in [3.8, 4) is 0 Å². The van der Waals surface area contributed by atoms with Crippen molar-refractivity contribution in [2.45, 2.75) is 6.54 Å². The standard InChI is InChI=1S/C8H12N2/c1-10(2)7-8-3-5-9-6-4-8/h3-6,10H,1,7H2,2H3. The maximum atomic E-state index is 3.92. The number of rotatable bonds is 2. The smallest absolute Gasteiger partial charge is 0.0787 e. The number of nitrogens with zero attached hydrogens (tertiary/aromatic N) is 1. The Bertz CT molecular complexity index is 182. The van der Waals surface area contributed by atoms with Gasteiger partial charge in [-0.3, -0.25) is 4.98 Å². The second kappa shape index (κ2) is 3.32. The Morgan fingerprint density at radius 1 is 1.50 bits per heavy atom. The van der Waals surface area contributed by atoms with Crippen molar-refractivity contribution in [2.24, 2.45) is 0 Å². The van der Waals surface area contributed by atoms with Gasteiger partial charge in [0.25, 0.3) is 0 Å². The Kier molecular flexibility index (Phi) is 2.40. The highest BCUT2D eigenvalue weighted by Gasteiger charge is 1.90. The molecule has 0 saturated carbocycles. The molecule has 2 nitrogen and oxygen atoms in total. The third-order valence-corrected chi connectivity index (χ3v) is 1.26. The maximum Gasteiger partial charge on any atom is 0.0787 e. The molecular weight excluding hydrogens is 124 g/mol. The van der Waals surface area contributed by atoms with Gasteiger partial charge in [-0.15, -0.1) is 0 Å². The van der Waals surface area contributed by atoms with Crippen molar-refractivity contribution in [1.29, 1.82) is 0 Å². The number of quaternary nitrogens is 1. The molecule has 0 saturated heterocycles. The summed E-state index contributed by atoms with van der Waals surface area (Å²) in [6.45, 7) is 0.961. The minimum Gasteiger partial charge on any atom is -0.467 e. The first kappa shape index (κ1) is 7.22. The lowest BCUT2D eigenvalue weighted by molar-refractivity contribution is -0.846. The SMILES string of the molecule is [CH2-][NH+](C)Cc1ccncc1. The van der Waals surface area contributed by atoms with Gasteiger partial charge in [-0.05, 0) is 12.1 Å². The summed E-state index contributed by atoms with van der Waals surface area (Å²) in [4.78, 5) is 5.11. The molecule has 10 heavy (non-hydrogen) atoms. The van der Waals surface area contributed by atoms with Crippen molar-refractivity contribution >= 4 is 0 Å². The summed E-state index contributed by atoms with van der Waals surface area (Å²) < 4.78 is 0. The Balaban J connectivity index is 2.59. The Hall–Kier alpha value is -0.890. The van der Waals surface area contributed by atoms with Gasteiger partial charge in [0, 0.05) is 25.0 Å². The fraction of sp³-hybridized carbons (Fsp3) is 0.250. The predicted octanol–water partition coefficient (Wildman–Crippen LogP) is -0.112. The zero-order chi connectivity index (χ0) is 7.40. The van der Waals surface area contributed by atoms with Gasteiger partial charge in [-0.1, -0.05) is 0 Å². The molecule has 1 N–H and O–H groups in total. The molecule has 0 aromatic carbocycles. The van der Waals surface area contributed by atoms with Crippen LogP contribution < -0.4 is 4.90 Å². The Morgan fingerprint density at radius 3 is 2.60 bits per heavy atom. The zero-order valence-corrected chi connectivity index (χ0v) is 6.17. The number of hydrogen-bond acceptors (Lipinski definition) is 1. The average molecular weight is 136 g/mol. The minimum atomic E-state index is 0.961. The normalized spacial score (nSPS) is 13.0. The summed E-state index contributed by atoms with van der Waals surface area (Å²) in [5.74, 6) is 0. The lowest BCUT2D eigenvalue weighted by atomic mass is 10.3. The second-order valence-corrected chi connectivity index (χ2v) is 2.49. The molecule has 1 heterocycles. The molecule has 54 valence electrons. The van der Waals surface area contributed by atoms with E-state index in [-0.39, 0.29) is 0 Å². The first-order valence-electron chi connectivity index (χ1n) is 3.32. The Labute approximate surface area is 61.5 Å². The molecule has 0 amide bonds. The van der Waals surface area contributed by atoms with Crippen LogP contribution in [-0.2, 0) is 6.54 Å². The zero-order valence-electron chi connectivity index (χ0n) is 6.17. The van der Waals surface area contributed by atoms with E-state index in [4.69, 9.17) is 0 Å². The van der Waals surface area contributed by atoms with Crippen molar-refractivity contribution in [1.82, 2.24) is 4.98 Å². The molecule has 0 aliphatic rings. The van der Waals surface area contributed by atoms with Crippen molar-refractivity contribution in [3.05, 3.63) is 37.1 Å². The fourth-order valence-corrected chi connectivity index (χ4v) is 0.849. The molecule has 0 fully saturated rings. The molecule has 1 unspecified atom stereocenters. The monoisotopic (exact) mass is 136 g/mol. The van der Waals surface area contributed by atoms with E-state index in [2.05, 4.69) is 12.0 Å². The third-order valence-electron chi connectivity index (χ3n) is 1.26. The fourth-order valence-electron chi connectivity index (χ4n) is 0.849. The summed E-state index contributed by atoms with van der Waals surface area (Å²) in [7, 11) is 5.86. The van der Waals surface area contributed by atoms with E-state index in [1.54, 1.807) is 12.4 Å². The predicted molar refractivity (Wildman–Crippen MR) is 40.2 cm³/mol. The van der Waals surface area contributed by atoms with Gasteiger partial charge in [-0.2, -0.15) is 7.05 Å². The molecular formula is C8H12N2. The van der Waals surface area contributed by atoms with Gasteiger partial charge in [-0.25, -0.2) is 0 Å². The number of pyridine rings is 1. The highest BCUT2D eigenvalue weighted by Crippen LogP contribution is 1.91. The van der Waals surface area contributed by atoms with E-state index in [1.165, 1.54) is 10.5 Å². The first-order chi connectivity index (χ1) is 4.79. The van der Waals surface area contributed by atoms with Crippen LogP contribution in [0, 0.1) is 7.05 Å². The van der Waals surface area contributed by atoms with Gasteiger partial charge >= 0.3 is 0 Å². The van der Waals surface area contributed by atoms with Crippen LogP contribution >= 0.6 is 0 Å². The molecule has 0 aliphatic carbocycles. The lowest BCUT2D eigenvalue weighted by Crippen LogP contribution is -3.01. The lowest BCUT2D eigenvalue weighted by Gasteiger charge is -2.13. The molecule has 0 bridgehead atoms. The maximum absolute atomic E-state index is 3.92. The van der Waals surface area contributed by atoms with Crippen molar-refractivity contribution in [3.63, 3.8) is 0 Å². The van der Waals surface area contributed by atoms with E-state index >= 15 is 0 Å².